The monoisotopic (exact) mass is 463 g/mol. The van der Waals surface area contributed by atoms with Gasteiger partial charge in [0.2, 0.25) is 0 Å². The maximum absolute atomic E-state index is 12.8. The van der Waals surface area contributed by atoms with Crippen molar-refractivity contribution >= 4 is 27.6 Å². The molecule has 0 fully saturated rings. The van der Waals surface area contributed by atoms with Gasteiger partial charge in [0.25, 0.3) is 15.9 Å². The summed E-state index contributed by atoms with van der Waals surface area (Å²) in [5, 5.41) is 6.24. The van der Waals surface area contributed by atoms with Crippen LogP contribution in [0.1, 0.15) is 75.0 Å². The van der Waals surface area contributed by atoms with Gasteiger partial charge in [-0.3, -0.25) is 9.48 Å². The summed E-state index contributed by atoms with van der Waals surface area (Å²) in [4.78, 5) is 26.7. The van der Waals surface area contributed by atoms with Gasteiger partial charge in [0.05, 0.1) is 0 Å². The Kier molecular flexibility index (Phi) is 7.71. The fraction of sp³-hybridized carbons (Fsp3) is 0.500. The van der Waals surface area contributed by atoms with Crippen molar-refractivity contribution in [3.8, 4) is 0 Å². The van der Waals surface area contributed by atoms with E-state index in [2.05, 4.69) is 10.4 Å². The highest BCUT2D eigenvalue weighted by atomic mass is 32.2. The Balaban J connectivity index is 2.30. The third-order valence-corrected chi connectivity index (χ3v) is 6.49. The number of nitrogens with one attached hydrogen (secondary N) is 2. The van der Waals surface area contributed by atoms with Crippen LogP contribution in [0.25, 0.3) is 0 Å². The zero-order chi connectivity index (χ0) is 24.4. The minimum Gasteiger partial charge on any atom is -0.338 e. The highest BCUT2D eigenvalue weighted by Gasteiger charge is 2.27. The molecule has 0 spiro atoms. The van der Waals surface area contributed by atoms with Crippen molar-refractivity contribution in [1.29, 1.82) is 0 Å². The van der Waals surface area contributed by atoms with Gasteiger partial charge in [0, 0.05) is 31.9 Å². The fourth-order valence-corrected chi connectivity index (χ4v) is 4.09. The summed E-state index contributed by atoms with van der Waals surface area (Å²) in [6, 6.07) is 5.93. The summed E-state index contributed by atoms with van der Waals surface area (Å²) in [5.74, 6) is -0.112. The van der Waals surface area contributed by atoms with Gasteiger partial charge in [-0.05, 0) is 36.8 Å². The SMILES string of the molecule is CC(C)c1cccc(C(C)C)c1NC(=O)NS(=O)(=O)c1cc(C(=O)N(C)C(C)C)n(C)n1. The van der Waals surface area contributed by atoms with Crippen molar-refractivity contribution in [1.82, 2.24) is 19.4 Å². The number of aromatic nitrogens is 2. The summed E-state index contributed by atoms with van der Waals surface area (Å²) in [7, 11) is -1.19. The summed E-state index contributed by atoms with van der Waals surface area (Å²) < 4.78 is 28.8. The van der Waals surface area contributed by atoms with Crippen molar-refractivity contribution in [2.45, 2.75) is 64.4 Å². The Bertz CT molecular complexity index is 1080. The molecule has 0 aliphatic carbocycles. The van der Waals surface area contributed by atoms with E-state index >= 15 is 0 Å². The fourth-order valence-electron chi connectivity index (χ4n) is 3.20. The Morgan fingerprint density at radius 1 is 1.03 bits per heavy atom. The van der Waals surface area contributed by atoms with Crippen molar-refractivity contribution in [3.05, 3.63) is 41.1 Å². The van der Waals surface area contributed by atoms with E-state index in [-0.39, 0.29) is 29.5 Å². The smallest absolute Gasteiger partial charge is 0.333 e. The lowest BCUT2D eigenvalue weighted by Gasteiger charge is -2.21. The van der Waals surface area contributed by atoms with Crippen molar-refractivity contribution < 1.29 is 18.0 Å². The molecule has 0 aliphatic heterocycles. The van der Waals surface area contributed by atoms with E-state index in [9.17, 15) is 18.0 Å². The van der Waals surface area contributed by atoms with Crippen LogP contribution < -0.4 is 10.0 Å². The minimum atomic E-state index is -4.29. The van der Waals surface area contributed by atoms with Gasteiger partial charge in [0.15, 0.2) is 5.03 Å². The zero-order valence-electron chi connectivity index (χ0n) is 19.9. The number of carbonyl (C=O) groups is 2. The molecule has 32 heavy (non-hydrogen) atoms. The lowest BCUT2D eigenvalue weighted by molar-refractivity contribution is 0.0744. The van der Waals surface area contributed by atoms with Gasteiger partial charge in [0.1, 0.15) is 5.69 Å². The van der Waals surface area contributed by atoms with Crippen LogP contribution in [0.4, 0.5) is 10.5 Å². The van der Waals surface area contributed by atoms with Crippen LogP contribution in [0.2, 0.25) is 0 Å². The third kappa shape index (κ3) is 5.48. The number of sulfonamides is 1. The zero-order valence-corrected chi connectivity index (χ0v) is 20.7. The average Bonchev–Trinajstić information content (AvgIpc) is 3.08. The number of anilines is 1. The first-order chi connectivity index (χ1) is 14.8. The van der Waals surface area contributed by atoms with Crippen LogP contribution in [0.15, 0.2) is 29.3 Å². The van der Waals surface area contributed by atoms with E-state index in [0.29, 0.717) is 5.69 Å². The number of benzene rings is 1. The van der Waals surface area contributed by atoms with Crippen LogP contribution in [-0.2, 0) is 17.1 Å². The van der Waals surface area contributed by atoms with Gasteiger partial charge in [-0.15, -0.1) is 0 Å². The molecule has 1 heterocycles. The molecule has 1 aromatic carbocycles. The molecule has 0 atom stereocenters. The number of rotatable bonds is 7. The molecular weight excluding hydrogens is 430 g/mol. The molecule has 2 rings (SSSR count). The Morgan fingerprint density at radius 3 is 2.03 bits per heavy atom. The molecule has 2 aromatic rings. The number of nitrogens with zero attached hydrogens (tertiary/aromatic N) is 3. The highest BCUT2D eigenvalue weighted by molar-refractivity contribution is 7.90. The molecule has 9 nitrogen and oxygen atoms in total. The number of amides is 3. The quantitative estimate of drug-likeness (QED) is 0.651. The second-order valence-corrected chi connectivity index (χ2v) is 10.3. The lowest BCUT2D eigenvalue weighted by atomic mass is 9.93. The normalized spacial score (nSPS) is 11.8. The van der Waals surface area contributed by atoms with Crippen molar-refractivity contribution in [2.75, 3.05) is 12.4 Å². The summed E-state index contributed by atoms with van der Waals surface area (Å²) in [5.41, 5.74) is 2.52. The average molecular weight is 464 g/mol. The summed E-state index contributed by atoms with van der Waals surface area (Å²) >= 11 is 0. The van der Waals surface area contributed by atoms with E-state index < -0.39 is 21.1 Å². The molecule has 1 aromatic heterocycles. The molecule has 0 unspecified atom stereocenters. The molecule has 0 radical (unpaired) electrons. The molecule has 10 heteroatoms. The molecule has 3 amide bonds. The van der Waals surface area contributed by atoms with Crippen molar-refractivity contribution in [2.24, 2.45) is 7.05 Å². The van der Waals surface area contributed by atoms with E-state index in [1.165, 1.54) is 22.7 Å². The first kappa shape index (κ1) is 25.4. The maximum atomic E-state index is 12.8. The number of carbonyl (C=O) groups excluding carboxylic acids is 2. The van der Waals surface area contributed by atoms with E-state index in [1.807, 2.05) is 64.5 Å². The lowest BCUT2D eigenvalue weighted by Crippen LogP contribution is -2.35. The Morgan fingerprint density at radius 2 is 1.56 bits per heavy atom. The van der Waals surface area contributed by atoms with E-state index in [1.54, 1.807) is 7.05 Å². The van der Waals surface area contributed by atoms with Crippen LogP contribution in [0, 0.1) is 0 Å². The van der Waals surface area contributed by atoms with Crippen LogP contribution in [0.5, 0.6) is 0 Å². The molecule has 0 aliphatic rings. The number of hydrogen-bond acceptors (Lipinski definition) is 5. The van der Waals surface area contributed by atoms with Crippen LogP contribution in [0.3, 0.4) is 0 Å². The second-order valence-electron chi connectivity index (χ2n) is 8.68. The summed E-state index contributed by atoms with van der Waals surface area (Å²) in [6.07, 6.45) is 0. The number of hydrogen-bond donors (Lipinski definition) is 2. The first-order valence-corrected chi connectivity index (χ1v) is 12.0. The van der Waals surface area contributed by atoms with Gasteiger partial charge >= 0.3 is 6.03 Å². The van der Waals surface area contributed by atoms with Gasteiger partial charge in [-0.2, -0.15) is 13.5 Å². The highest BCUT2D eigenvalue weighted by Crippen LogP contribution is 2.32. The third-order valence-electron chi connectivity index (χ3n) is 5.29. The molecule has 0 saturated carbocycles. The maximum Gasteiger partial charge on any atom is 0.333 e. The molecule has 0 bridgehead atoms. The predicted octanol–water partition coefficient (Wildman–Crippen LogP) is 3.66. The topological polar surface area (TPSA) is 113 Å². The standard InChI is InChI=1S/C22H33N5O4S/c1-13(2)16-10-9-11-17(14(3)4)20(16)23-22(29)25-32(30,31)19-12-18(27(8)24-19)21(28)26(7)15(5)6/h9-15H,1-8H3,(H2,23,25,29). The molecule has 176 valence electrons. The van der Waals surface area contributed by atoms with Crippen molar-refractivity contribution in [3.63, 3.8) is 0 Å². The first-order valence-electron chi connectivity index (χ1n) is 10.5. The molecule has 2 N–H and O–H groups in total. The number of urea groups is 1. The molecular formula is C22H33N5O4S. The van der Waals surface area contributed by atoms with Crippen LogP contribution in [-0.4, -0.2) is 48.1 Å². The van der Waals surface area contributed by atoms with E-state index in [0.717, 1.165) is 11.1 Å². The number of aryl methyl sites for hydroxylation is 1. The van der Waals surface area contributed by atoms with Gasteiger partial charge in [-0.1, -0.05) is 45.9 Å². The Hall–Kier alpha value is -2.88. The van der Waals surface area contributed by atoms with Gasteiger partial charge in [-0.25, -0.2) is 9.52 Å². The second kappa shape index (κ2) is 9.72. The Labute approximate surface area is 190 Å². The largest absolute Gasteiger partial charge is 0.338 e. The minimum absolute atomic E-state index is 0.0717. The number of para-hydroxylation sites is 1. The van der Waals surface area contributed by atoms with E-state index in [4.69, 9.17) is 0 Å². The predicted molar refractivity (Wildman–Crippen MR) is 124 cm³/mol. The summed E-state index contributed by atoms with van der Waals surface area (Å²) in [6.45, 7) is 11.7. The molecule has 0 saturated heterocycles. The van der Waals surface area contributed by atoms with Gasteiger partial charge < -0.3 is 10.2 Å². The van der Waals surface area contributed by atoms with Crippen LogP contribution >= 0.6 is 0 Å².